The fraction of sp³-hybridized carbons (Fsp3) is 0.154. The largest absolute Gasteiger partial charge is 0.507 e. The highest BCUT2D eigenvalue weighted by Gasteiger charge is 2.46. The third-order valence-electron chi connectivity index (χ3n) is 5.19. The second-order valence-corrected chi connectivity index (χ2v) is 7.29. The molecule has 3 aromatic carbocycles. The van der Waals surface area contributed by atoms with Gasteiger partial charge < -0.3 is 9.84 Å². The Kier molecular flexibility index (Phi) is 5.85. The van der Waals surface area contributed by atoms with Crippen molar-refractivity contribution < 1.29 is 19.4 Å². The molecule has 1 amide bonds. The van der Waals surface area contributed by atoms with Crippen LogP contribution in [0.4, 0.5) is 5.69 Å². The number of aliphatic hydroxyl groups is 1. The van der Waals surface area contributed by atoms with Crippen LogP contribution in [0.15, 0.2) is 90.5 Å². The van der Waals surface area contributed by atoms with Gasteiger partial charge in [-0.2, -0.15) is 0 Å². The number of para-hydroxylation sites is 1. The fourth-order valence-corrected chi connectivity index (χ4v) is 3.72. The lowest BCUT2D eigenvalue weighted by Gasteiger charge is -2.25. The molecule has 156 valence electrons. The first-order valence-electron chi connectivity index (χ1n) is 10.3. The Bertz CT molecular complexity index is 1110. The van der Waals surface area contributed by atoms with Crippen molar-refractivity contribution in [2.45, 2.75) is 19.4 Å². The van der Waals surface area contributed by atoms with Crippen LogP contribution in [0.1, 0.15) is 30.5 Å². The highest BCUT2D eigenvalue weighted by Crippen LogP contribution is 2.42. The zero-order chi connectivity index (χ0) is 21.8. The van der Waals surface area contributed by atoms with E-state index in [1.807, 2.05) is 55.5 Å². The number of anilines is 1. The Morgan fingerprint density at radius 2 is 1.52 bits per heavy atom. The second-order valence-electron chi connectivity index (χ2n) is 7.29. The maximum absolute atomic E-state index is 13.1. The fourth-order valence-electron chi connectivity index (χ4n) is 3.72. The van der Waals surface area contributed by atoms with Crippen LogP contribution in [0.2, 0.25) is 0 Å². The quantitative estimate of drug-likeness (QED) is 0.347. The summed E-state index contributed by atoms with van der Waals surface area (Å²) in [5.74, 6) is -0.847. The van der Waals surface area contributed by atoms with Crippen LogP contribution in [0.5, 0.6) is 5.75 Å². The minimum Gasteiger partial charge on any atom is -0.507 e. The highest BCUT2D eigenvalue weighted by atomic mass is 16.5. The van der Waals surface area contributed by atoms with Crippen molar-refractivity contribution >= 4 is 23.1 Å². The van der Waals surface area contributed by atoms with Crippen molar-refractivity contribution in [2.24, 2.45) is 0 Å². The van der Waals surface area contributed by atoms with Gasteiger partial charge in [0.1, 0.15) is 11.5 Å². The summed E-state index contributed by atoms with van der Waals surface area (Å²) in [6.45, 7) is 2.64. The van der Waals surface area contributed by atoms with Gasteiger partial charge in [-0.15, -0.1) is 0 Å². The van der Waals surface area contributed by atoms with E-state index in [1.54, 1.807) is 36.4 Å². The Morgan fingerprint density at radius 3 is 2.13 bits per heavy atom. The van der Waals surface area contributed by atoms with Crippen LogP contribution in [-0.4, -0.2) is 23.4 Å². The predicted octanol–water partition coefficient (Wildman–Crippen LogP) is 5.10. The Labute approximate surface area is 181 Å². The SMILES string of the molecule is CCCOc1ccc(C2/C(=C(/O)c3ccccc3)C(=O)C(=O)N2c2ccccc2)cc1. The number of ketones is 1. The molecule has 0 bridgehead atoms. The van der Waals surface area contributed by atoms with Gasteiger partial charge in [0.25, 0.3) is 11.7 Å². The molecule has 4 rings (SSSR count). The molecule has 1 aliphatic rings. The van der Waals surface area contributed by atoms with E-state index in [0.717, 1.165) is 6.42 Å². The van der Waals surface area contributed by atoms with Crippen LogP contribution in [0, 0.1) is 0 Å². The summed E-state index contributed by atoms with van der Waals surface area (Å²) in [7, 11) is 0. The Hall–Kier alpha value is -3.86. The lowest BCUT2D eigenvalue weighted by atomic mass is 9.95. The van der Waals surface area contributed by atoms with Gasteiger partial charge >= 0.3 is 0 Å². The third-order valence-corrected chi connectivity index (χ3v) is 5.19. The summed E-state index contributed by atoms with van der Waals surface area (Å²) >= 11 is 0. The lowest BCUT2D eigenvalue weighted by Crippen LogP contribution is -2.29. The number of rotatable bonds is 6. The van der Waals surface area contributed by atoms with Crippen molar-refractivity contribution in [3.63, 3.8) is 0 Å². The van der Waals surface area contributed by atoms with E-state index in [9.17, 15) is 14.7 Å². The molecule has 0 aromatic heterocycles. The molecule has 5 nitrogen and oxygen atoms in total. The topological polar surface area (TPSA) is 66.8 Å². The van der Waals surface area contributed by atoms with Gasteiger partial charge in [-0.05, 0) is 36.2 Å². The van der Waals surface area contributed by atoms with Gasteiger partial charge in [0.05, 0.1) is 18.2 Å². The summed E-state index contributed by atoms with van der Waals surface area (Å²) in [5.41, 5.74) is 1.86. The van der Waals surface area contributed by atoms with Crippen LogP contribution >= 0.6 is 0 Å². The van der Waals surface area contributed by atoms with Crippen molar-refractivity contribution in [2.75, 3.05) is 11.5 Å². The second kappa shape index (κ2) is 8.88. The first-order valence-corrected chi connectivity index (χ1v) is 10.3. The van der Waals surface area contributed by atoms with E-state index >= 15 is 0 Å². The number of ether oxygens (including phenoxy) is 1. The molecule has 0 spiro atoms. The predicted molar refractivity (Wildman–Crippen MR) is 120 cm³/mol. The smallest absolute Gasteiger partial charge is 0.300 e. The number of nitrogens with zero attached hydrogens (tertiary/aromatic N) is 1. The molecule has 1 saturated heterocycles. The molecule has 1 N–H and O–H groups in total. The normalized spacial score (nSPS) is 17.7. The number of carbonyl (C=O) groups excluding carboxylic acids is 2. The number of hydrogen-bond donors (Lipinski definition) is 1. The lowest BCUT2D eigenvalue weighted by molar-refractivity contribution is -0.132. The summed E-state index contributed by atoms with van der Waals surface area (Å²) in [6, 6.07) is 24.4. The molecule has 5 heteroatoms. The van der Waals surface area contributed by atoms with Gasteiger partial charge in [0.2, 0.25) is 0 Å². The maximum Gasteiger partial charge on any atom is 0.300 e. The molecule has 0 saturated carbocycles. The van der Waals surface area contributed by atoms with Gasteiger partial charge in [-0.3, -0.25) is 14.5 Å². The molecule has 1 unspecified atom stereocenters. The third kappa shape index (κ3) is 3.94. The van der Waals surface area contributed by atoms with Crippen LogP contribution in [0.25, 0.3) is 5.76 Å². The number of Topliss-reactive ketones (excluding diaryl/α,β-unsaturated/α-hetero) is 1. The molecular weight excluding hydrogens is 390 g/mol. The van der Waals surface area contributed by atoms with Crippen molar-refractivity contribution in [1.29, 1.82) is 0 Å². The van der Waals surface area contributed by atoms with Crippen LogP contribution < -0.4 is 9.64 Å². The zero-order valence-electron chi connectivity index (χ0n) is 17.2. The minimum atomic E-state index is -0.747. The molecule has 31 heavy (non-hydrogen) atoms. The summed E-state index contributed by atoms with van der Waals surface area (Å²) in [5, 5.41) is 11.0. The summed E-state index contributed by atoms with van der Waals surface area (Å²) < 4.78 is 5.66. The number of benzene rings is 3. The number of hydrogen-bond acceptors (Lipinski definition) is 4. The maximum atomic E-state index is 13.1. The van der Waals surface area contributed by atoms with Gasteiger partial charge in [0, 0.05) is 11.3 Å². The number of amides is 1. The number of aliphatic hydroxyl groups excluding tert-OH is 1. The first-order chi connectivity index (χ1) is 15.1. The molecular formula is C26H23NO4. The zero-order valence-corrected chi connectivity index (χ0v) is 17.2. The van der Waals surface area contributed by atoms with Gasteiger partial charge in [-0.1, -0.05) is 67.6 Å². The van der Waals surface area contributed by atoms with E-state index in [2.05, 4.69) is 0 Å². The van der Waals surface area contributed by atoms with E-state index < -0.39 is 17.7 Å². The summed E-state index contributed by atoms with van der Waals surface area (Å²) in [6.07, 6.45) is 0.896. The average Bonchev–Trinajstić information content (AvgIpc) is 3.09. The standard InChI is InChI=1S/C26H23NO4/c1-2-17-31-21-15-13-18(14-16-21)23-22(24(28)19-9-5-3-6-10-19)25(29)26(30)27(23)20-11-7-4-8-12-20/h3-16,23,28H,2,17H2,1H3/b24-22-. The first kappa shape index (κ1) is 20.4. The van der Waals surface area contributed by atoms with Crippen molar-refractivity contribution in [3.05, 3.63) is 102 Å². The Morgan fingerprint density at radius 1 is 0.903 bits per heavy atom. The molecule has 1 atom stereocenters. The van der Waals surface area contributed by atoms with Crippen LogP contribution in [0.3, 0.4) is 0 Å². The van der Waals surface area contributed by atoms with Crippen molar-refractivity contribution in [3.8, 4) is 5.75 Å². The van der Waals surface area contributed by atoms with E-state index in [-0.39, 0.29) is 11.3 Å². The molecule has 1 fully saturated rings. The van der Waals surface area contributed by atoms with Gasteiger partial charge in [-0.25, -0.2) is 0 Å². The number of carbonyl (C=O) groups is 2. The molecule has 3 aromatic rings. The molecule has 1 heterocycles. The summed E-state index contributed by atoms with van der Waals surface area (Å²) in [4.78, 5) is 27.6. The molecule has 1 aliphatic heterocycles. The minimum absolute atomic E-state index is 0.0716. The highest BCUT2D eigenvalue weighted by molar-refractivity contribution is 6.51. The van der Waals surface area contributed by atoms with Gasteiger partial charge in [0.15, 0.2) is 0 Å². The van der Waals surface area contributed by atoms with E-state index in [1.165, 1.54) is 4.90 Å². The molecule has 0 aliphatic carbocycles. The average molecular weight is 413 g/mol. The van der Waals surface area contributed by atoms with Crippen LogP contribution in [-0.2, 0) is 9.59 Å². The van der Waals surface area contributed by atoms with E-state index in [4.69, 9.17) is 4.74 Å². The Balaban J connectivity index is 1.85. The monoisotopic (exact) mass is 413 g/mol. The van der Waals surface area contributed by atoms with Crippen molar-refractivity contribution in [1.82, 2.24) is 0 Å². The molecule has 0 radical (unpaired) electrons. The van der Waals surface area contributed by atoms with E-state index in [0.29, 0.717) is 29.2 Å².